The number of amides is 3. The minimum atomic E-state index is -0.232. The zero-order valence-electron chi connectivity index (χ0n) is 45.5. The van der Waals surface area contributed by atoms with Crippen molar-refractivity contribution < 1.29 is 14.4 Å². The van der Waals surface area contributed by atoms with Gasteiger partial charge in [-0.2, -0.15) is 15.8 Å². The van der Waals surface area contributed by atoms with Crippen molar-refractivity contribution in [2.24, 2.45) is 35.5 Å². The van der Waals surface area contributed by atoms with Crippen LogP contribution < -0.4 is 33.2 Å². The van der Waals surface area contributed by atoms with E-state index in [0.29, 0.717) is 53.8 Å². The maximum absolute atomic E-state index is 12.2. The predicted molar refractivity (Wildman–Crippen MR) is 314 cm³/mol. The van der Waals surface area contributed by atoms with Crippen LogP contribution in [-0.4, -0.2) is 47.6 Å². The average molecular weight is 1070 g/mol. The van der Waals surface area contributed by atoms with Crippen LogP contribution in [0.25, 0.3) is 65.7 Å². The number of nitriles is 3. The number of fused-ring (bicyclic) bond motifs is 3. The van der Waals surface area contributed by atoms with Gasteiger partial charge in [0.25, 0.3) is 0 Å². The van der Waals surface area contributed by atoms with E-state index < -0.39 is 0 Å². The minimum Gasteiger partial charge on any atom is -0.398 e. The van der Waals surface area contributed by atoms with E-state index in [0.717, 1.165) is 99.1 Å². The lowest BCUT2D eigenvalue weighted by Gasteiger charge is -2.14. The smallest absolute Gasteiger partial charge is 0.230 e. The van der Waals surface area contributed by atoms with Crippen molar-refractivity contribution in [3.63, 3.8) is 0 Å². The molecule has 18 heteroatoms. The molecule has 12 rings (SSSR count). The first-order chi connectivity index (χ1) is 39.0. The number of aromatic nitrogens is 6. The number of nitrogens with one attached hydrogen (secondary N) is 3. The Kier molecular flexibility index (Phi) is 14.8. The van der Waals surface area contributed by atoms with Crippen LogP contribution in [0.4, 0.5) is 34.5 Å². The molecule has 0 aliphatic heterocycles. The number of pyridine rings is 6. The van der Waals surface area contributed by atoms with E-state index in [4.69, 9.17) is 33.0 Å². The van der Waals surface area contributed by atoms with E-state index in [1.165, 1.54) is 0 Å². The lowest BCUT2D eigenvalue weighted by atomic mass is 9.94. The second-order valence-electron chi connectivity index (χ2n) is 21.0. The van der Waals surface area contributed by atoms with Crippen LogP contribution in [0.1, 0.15) is 52.6 Å². The minimum absolute atomic E-state index is 0.156. The van der Waals surface area contributed by atoms with Gasteiger partial charge in [-0.05, 0) is 182 Å². The molecule has 3 aliphatic rings. The fraction of sp³-hybridized carbons (Fsp3) is 0.238. The molecule has 3 aromatic carbocycles. The number of benzene rings is 3. The number of hydrogen-bond donors (Lipinski definition) is 6. The van der Waals surface area contributed by atoms with Crippen molar-refractivity contribution in [3.05, 3.63) is 144 Å². The van der Waals surface area contributed by atoms with E-state index in [1.807, 2.05) is 96.5 Å². The van der Waals surface area contributed by atoms with Crippen LogP contribution in [0, 0.1) is 111 Å². The summed E-state index contributed by atoms with van der Waals surface area (Å²) in [7, 11) is 0. The van der Waals surface area contributed by atoms with E-state index in [1.54, 1.807) is 37.2 Å². The second kappa shape index (κ2) is 22.2. The molecule has 3 saturated carbocycles. The SMILES string of the molecule is Cc1ccncc1-c1cc2cc(NC(=O)C3CC3C#N)ncc2c(N)c1C.Cc1ccncc1-c1cc2cc(NC(=O)[C@@H]3C[C@H]3C#N)ncc2c(N)c1C.Cc1ccncc1-c1cc2cc(NC(=O)[C@H]3C[C@@H]3C#N)ncc2c(N)c1C. The first-order valence-corrected chi connectivity index (χ1v) is 26.4. The van der Waals surface area contributed by atoms with Crippen molar-refractivity contribution in [1.29, 1.82) is 15.8 Å². The molecule has 3 fully saturated rings. The van der Waals surface area contributed by atoms with Gasteiger partial charge in [-0.15, -0.1) is 0 Å². The average Bonchev–Trinajstić information content (AvgIpc) is 4.49. The summed E-state index contributed by atoms with van der Waals surface area (Å²) < 4.78 is 0. The number of rotatable bonds is 9. The molecule has 2 unspecified atom stereocenters. The molecule has 402 valence electrons. The van der Waals surface area contributed by atoms with Crippen molar-refractivity contribution in [1.82, 2.24) is 29.9 Å². The first kappa shape index (κ1) is 54.0. The van der Waals surface area contributed by atoms with Crippen molar-refractivity contribution in [2.45, 2.75) is 60.8 Å². The van der Waals surface area contributed by atoms with E-state index in [9.17, 15) is 14.4 Å². The van der Waals surface area contributed by atoms with Crippen LogP contribution in [-0.2, 0) is 14.4 Å². The van der Waals surface area contributed by atoms with Crippen molar-refractivity contribution in [3.8, 4) is 51.6 Å². The topological polar surface area (TPSA) is 314 Å². The molecule has 3 amide bonds. The predicted octanol–water partition coefficient (Wildman–Crippen LogP) is 10.8. The van der Waals surface area contributed by atoms with E-state index in [-0.39, 0.29) is 53.2 Å². The highest BCUT2D eigenvalue weighted by Gasteiger charge is 2.45. The molecule has 6 heterocycles. The van der Waals surface area contributed by atoms with Gasteiger partial charge < -0.3 is 33.2 Å². The third-order valence-corrected chi connectivity index (χ3v) is 15.6. The van der Waals surface area contributed by atoms with Gasteiger partial charge in [-0.25, -0.2) is 15.0 Å². The van der Waals surface area contributed by atoms with Gasteiger partial charge in [0, 0.05) is 106 Å². The fourth-order valence-corrected chi connectivity index (χ4v) is 10.1. The normalized spacial score (nSPS) is 18.1. The number of carbonyl (C=O) groups is 3. The molecule has 0 spiro atoms. The Balaban J connectivity index is 0.000000136. The standard InChI is InChI=1S/3C21H19N5O/c3*1-11-3-4-24-9-17(11)15-5-13-7-19(25-10-18(13)20(23)12(15)2)26-21(27)16-6-14(16)8-22/h3*3-5,7,9-10,14,16H,6,23H2,1-2H3,(H,25,26,27)/t2*14-,16+;/m10./s1. The number of anilines is 6. The summed E-state index contributed by atoms with van der Waals surface area (Å²) in [6.45, 7) is 12.1. The van der Waals surface area contributed by atoms with Crippen molar-refractivity contribution in [2.75, 3.05) is 33.2 Å². The number of aryl methyl sites for hydroxylation is 3. The lowest BCUT2D eigenvalue weighted by Crippen LogP contribution is -2.15. The fourth-order valence-electron chi connectivity index (χ4n) is 10.1. The molecule has 9 N–H and O–H groups in total. The molecular weight excluding hydrogens is 1010 g/mol. The highest BCUT2D eigenvalue weighted by atomic mass is 16.2. The largest absolute Gasteiger partial charge is 0.398 e. The Morgan fingerprint density at radius 2 is 0.704 bits per heavy atom. The zero-order chi connectivity index (χ0) is 57.4. The molecule has 18 nitrogen and oxygen atoms in total. The quantitative estimate of drug-likeness (QED) is 0.0732. The molecule has 81 heavy (non-hydrogen) atoms. The Morgan fingerprint density at radius 1 is 0.432 bits per heavy atom. The molecule has 6 atom stereocenters. The third kappa shape index (κ3) is 11.1. The lowest BCUT2D eigenvalue weighted by molar-refractivity contribution is -0.118. The second-order valence-corrected chi connectivity index (χ2v) is 21.0. The van der Waals surface area contributed by atoms with Crippen LogP contribution >= 0.6 is 0 Å². The third-order valence-electron chi connectivity index (χ3n) is 15.6. The number of carbonyl (C=O) groups excluding carboxylic acids is 3. The maximum Gasteiger partial charge on any atom is 0.230 e. The maximum atomic E-state index is 12.2. The number of nitrogen functional groups attached to an aromatic ring is 3. The summed E-state index contributed by atoms with van der Waals surface area (Å²) in [5.41, 5.74) is 33.5. The van der Waals surface area contributed by atoms with Gasteiger partial charge in [0.05, 0.1) is 53.7 Å². The molecule has 0 bridgehead atoms. The summed E-state index contributed by atoms with van der Waals surface area (Å²) in [4.78, 5) is 62.3. The molecule has 9 aromatic rings. The monoisotopic (exact) mass is 1070 g/mol. The highest BCUT2D eigenvalue weighted by Crippen LogP contribution is 2.43. The molecule has 0 saturated heterocycles. The zero-order valence-corrected chi connectivity index (χ0v) is 45.5. The van der Waals surface area contributed by atoms with Crippen molar-refractivity contribution >= 4 is 84.6 Å². The van der Waals surface area contributed by atoms with E-state index in [2.05, 4.69) is 82.3 Å². The number of hydrogen-bond acceptors (Lipinski definition) is 15. The summed E-state index contributed by atoms with van der Waals surface area (Å²) in [6.07, 6.45) is 17.7. The van der Waals surface area contributed by atoms with Crippen LogP contribution in [0.5, 0.6) is 0 Å². The molecule has 3 aliphatic carbocycles. The van der Waals surface area contributed by atoms with Crippen LogP contribution in [0.3, 0.4) is 0 Å². The summed E-state index contributed by atoms with van der Waals surface area (Å²) in [6, 6.07) is 23.9. The Labute approximate surface area is 467 Å². The highest BCUT2D eigenvalue weighted by molar-refractivity contribution is 6.05. The Bertz CT molecular complexity index is 3770. The van der Waals surface area contributed by atoms with Crippen LogP contribution in [0.2, 0.25) is 0 Å². The van der Waals surface area contributed by atoms with Gasteiger partial charge in [0.1, 0.15) is 17.5 Å². The van der Waals surface area contributed by atoms with Gasteiger partial charge in [0.2, 0.25) is 17.7 Å². The summed E-state index contributed by atoms with van der Waals surface area (Å²) >= 11 is 0. The summed E-state index contributed by atoms with van der Waals surface area (Å²) in [5, 5.41) is 40.3. The van der Waals surface area contributed by atoms with Gasteiger partial charge in [-0.3, -0.25) is 29.3 Å². The molecular formula is C63H57N15O3. The summed E-state index contributed by atoms with van der Waals surface area (Å²) in [5.74, 6) is -0.297. The van der Waals surface area contributed by atoms with E-state index >= 15 is 0 Å². The Hall–Kier alpha value is -10.4. The van der Waals surface area contributed by atoms with Crippen LogP contribution in [0.15, 0.2) is 110 Å². The van der Waals surface area contributed by atoms with Gasteiger partial charge in [-0.1, -0.05) is 0 Å². The van der Waals surface area contributed by atoms with Gasteiger partial charge >= 0.3 is 0 Å². The molecule has 6 aromatic heterocycles. The first-order valence-electron chi connectivity index (χ1n) is 26.4. The number of nitrogens with two attached hydrogens (primary N) is 3. The number of nitrogens with zero attached hydrogens (tertiary/aromatic N) is 9. The molecule has 0 radical (unpaired) electrons. The Morgan fingerprint density at radius 3 is 0.938 bits per heavy atom. The van der Waals surface area contributed by atoms with Gasteiger partial charge in [0.15, 0.2) is 0 Å².